The molecule has 1 aliphatic heterocycles. The molecule has 0 amide bonds. The second-order valence-corrected chi connectivity index (χ2v) is 5.19. The molecule has 0 aromatic heterocycles. The maximum Gasteiger partial charge on any atom is 0.307 e. The Kier molecular flexibility index (Phi) is 4.20. The summed E-state index contributed by atoms with van der Waals surface area (Å²) in [4.78, 5) is 10.7. The van der Waals surface area contributed by atoms with Gasteiger partial charge in [-0.2, -0.15) is 0 Å². The summed E-state index contributed by atoms with van der Waals surface area (Å²) in [5, 5.41) is 8.83. The van der Waals surface area contributed by atoms with Crippen LogP contribution in [0, 0.1) is 0 Å². The summed E-state index contributed by atoms with van der Waals surface area (Å²) >= 11 is 0. The summed E-state index contributed by atoms with van der Waals surface area (Å²) in [6.07, 6.45) is 0.0894. The lowest BCUT2D eigenvalue weighted by atomic mass is 9.81. The Morgan fingerprint density at radius 2 is 2.00 bits per heavy atom. The van der Waals surface area contributed by atoms with Gasteiger partial charge in [-0.25, -0.2) is 4.58 Å². The highest BCUT2D eigenvalue weighted by atomic mass is 127. The van der Waals surface area contributed by atoms with Crippen molar-refractivity contribution in [2.75, 3.05) is 7.05 Å². The Morgan fingerprint density at radius 3 is 2.56 bits per heavy atom. The third-order valence-corrected chi connectivity index (χ3v) is 3.86. The number of carboxylic acid groups (broad SMARTS) is 1. The molecule has 1 aromatic carbocycles. The molecule has 0 atom stereocenters. The largest absolute Gasteiger partial charge is 1.00 e. The van der Waals surface area contributed by atoms with E-state index in [4.69, 9.17) is 5.11 Å². The van der Waals surface area contributed by atoms with E-state index in [2.05, 4.69) is 32.4 Å². The van der Waals surface area contributed by atoms with E-state index < -0.39 is 5.97 Å². The van der Waals surface area contributed by atoms with Crippen molar-refractivity contribution in [3.8, 4) is 0 Å². The first-order valence-electron chi connectivity index (χ1n) is 5.77. The van der Waals surface area contributed by atoms with Gasteiger partial charge in [0.2, 0.25) is 5.69 Å². The Bertz CT molecular complexity index is 533. The van der Waals surface area contributed by atoms with E-state index in [0.29, 0.717) is 0 Å². The molecule has 18 heavy (non-hydrogen) atoms. The first-order chi connectivity index (χ1) is 7.84. The van der Waals surface area contributed by atoms with E-state index in [1.807, 2.05) is 18.2 Å². The molecule has 98 valence electrons. The highest BCUT2D eigenvalue weighted by Gasteiger charge is 2.41. The van der Waals surface area contributed by atoms with E-state index in [9.17, 15) is 4.79 Å². The van der Waals surface area contributed by atoms with Crippen molar-refractivity contribution in [1.29, 1.82) is 0 Å². The summed E-state index contributed by atoms with van der Waals surface area (Å²) in [7, 11) is 2.06. The standard InChI is InChI=1S/C14H17NO2.HI/c1-9-14(2,3)11-7-10(8-13(16)17)5-6-12(11)15(9)4;/h5-7H,8H2,1-4H3;1H. The van der Waals surface area contributed by atoms with Crippen molar-refractivity contribution in [3.05, 3.63) is 29.3 Å². The van der Waals surface area contributed by atoms with Gasteiger partial charge in [-0.1, -0.05) is 6.07 Å². The molecule has 1 aliphatic rings. The van der Waals surface area contributed by atoms with Gasteiger partial charge >= 0.3 is 5.97 Å². The number of halogens is 1. The number of hydrogen-bond donors (Lipinski definition) is 1. The zero-order valence-electron chi connectivity index (χ0n) is 11.1. The van der Waals surface area contributed by atoms with Gasteiger partial charge in [-0.05, 0) is 25.5 Å². The molecule has 0 aliphatic carbocycles. The fourth-order valence-electron chi connectivity index (χ4n) is 2.46. The molecular formula is C14H18INO2. The van der Waals surface area contributed by atoms with Gasteiger partial charge in [0.05, 0.1) is 11.8 Å². The maximum absolute atomic E-state index is 10.7. The van der Waals surface area contributed by atoms with Gasteiger partial charge in [0.15, 0.2) is 5.71 Å². The molecule has 0 spiro atoms. The van der Waals surface area contributed by atoms with Gasteiger partial charge in [0.1, 0.15) is 7.05 Å². The number of benzene rings is 1. The third-order valence-electron chi connectivity index (χ3n) is 3.86. The van der Waals surface area contributed by atoms with Crippen molar-refractivity contribution in [2.24, 2.45) is 0 Å². The minimum absolute atomic E-state index is 0. The highest BCUT2D eigenvalue weighted by Crippen LogP contribution is 2.39. The zero-order valence-corrected chi connectivity index (χ0v) is 13.3. The number of fused-ring (bicyclic) bond motifs is 1. The summed E-state index contributed by atoms with van der Waals surface area (Å²) in [5.41, 5.74) is 4.55. The summed E-state index contributed by atoms with van der Waals surface area (Å²) in [6, 6.07) is 5.94. The molecule has 4 heteroatoms. The zero-order chi connectivity index (χ0) is 12.8. The van der Waals surface area contributed by atoms with Crippen LogP contribution in [0.4, 0.5) is 5.69 Å². The van der Waals surface area contributed by atoms with Gasteiger partial charge in [-0.15, -0.1) is 0 Å². The molecule has 0 unspecified atom stereocenters. The lowest BCUT2D eigenvalue weighted by Crippen LogP contribution is -3.00. The van der Waals surface area contributed by atoms with Crippen LogP contribution in [0.15, 0.2) is 18.2 Å². The van der Waals surface area contributed by atoms with E-state index in [0.717, 1.165) is 5.56 Å². The van der Waals surface area contributed by atoms with Crippen LogP contribution < -0.4 is 24.0 Å². The van der Waals surface area contributed by atoms with Crippen molar-refractivity contribution in [2.45, 2.75) is 32.6 Å². The normalized spacial score (nSPS) is 16.2. The number of rotatable bonds is 2. The Balaban J connectivity index is 0.00000162. The Morgan fingerprint density at radius 1 is 1.39 bits per heavy atom. The van der Waals surface area contributed by atoms with Crippen LogP contribution in [0.25, 0.3) is 0 Å². The van der Waals surface area contributed by atoms with E-state index >= 15 is 0 Å². The summed E-state index contributed by atoms with van der Waals surface area (Å²) in [5.74, 6) is -0.783. The van der Waals surface area contributed by atoms with Crippen LogP contribution in [-0.2, 0) is 16.6 Å². The topological polar surface area (TPSA) is 40.3 Å². The Labute approximate surface area is 125 Å². The van der Waals surface area contributed by atoms with Gasteiger partial charge < -0.3 is 29.1 Å². The first-order valence-corrected chi connectivity index (χ1v) is 5.77. The fourth-order valence-corrected chi connectivity index (χ4v) is 2.46. The van der Waals surface area contributed by atoms with E-state index in [1.54, 1.807) is 0 Å². The van der Waals surface area contributed by atoms with Crippen molar-refractivity contribution in [1.82, 2.24) is 0 Å². The molecule has 0 fully saturated rings. The molecule has 0 radical (unpaired) electrons. The number of carbonyl (C=O) groups is 1. The van der Waals surface area contributed by atoms with Gasteiger partial charge in [0, 0.05) is 18.6 Å². The smallest absolute Gasteiger partial charge is 0.307 e. The average molecular weight is 359 g/mol. The molecule has 1 heterocycles. The predicted molar refractivity (Wildman–Crippen MR) is 67.3 cm³/mol. The molecular weight excluding hydrogens is 341 g/mol. The van der Waals surface area contributed by atoms with Gasteiger partial charge in [-0.3, -0.25) is 4.79 Å². The predicted octanol–water partition coefficient (Wildman–Crippen LogP) is -0.656. The van der Waals surface area contributed by atoms with Crippen molar-refractivity contribution in [3.63, 3.8) is 0 Å². The molecule has 0 saturated carbocycles. The monoisotopic (exact) mass is 359 g/mol. The van der Waals surface area contributed by atoms with Crippen LogP contribution in [0.5, 0.6) is 0 Å². The minimum atomic E-state index is -0.783. The molecule has 2 rings (SSSR count). The fraction of sp³-hybridized carbons (Fsp3) is 0.429. The number of carboxylic acids is 1. The second-order valence-electron chi connectivity index (χ2n) is 5.19. The molecule has 0 saturated heterocycles. The van der Waals surface area contributed by atoms with Crippen molar-refractivity contribution >= 4 is 17.4 Å². The lowest BCUT2D eigenvalue weighted by Gasteiger charge is -2.15. The first kappa shape index (κ1) is 15.1. The second kappa shape index (κ2) is 4.99. The molecule has 1 N–H and O–H groups in total. The molecule has 3 nitrogen and oxygen atoms in total. The third kappa shape index (κ3) is 2.30. The summed E-state index contributed by atoms with van der Waals surface area (Å²) in [6.45, 7) is 6.47. The number of aliphatic carboxylic acids is 1. The van der Waals surface area contributed by atoms with Crippen molar-refractivity contribution < 1.29 is 38.5 Å². The molecule has 1 aromatic rings. The van der Waals surface area contributed by atoms with Crippen LogP contribution in [0.1, 0.15) is 31.9 Å². The number of hydrogen-bond acceptors (Lipinski definition) is 1. The summed E-state index contributed by atoms with van der Waals surface area (Å²) < 4.78 is 2.18. The van der Waals surface area contributed by atoms with Crippen LogP contribution in [0.3, 0.4) is 0 Å². The van der Waals surface area contributed by atoms with Crippen LogP contribution in [-0.4, -0.2) is 28.4 Å². The quantitative estimate of drug-likeness (QED) is 0.563. The van der Waals surface area contributed by atoms with Crippen LogP contribution in [0.2, 0.25) is 0 Å². The highest BCUT2D eigenvalue weighted by molar-refractivity contribution is 5.93. The molecule has 0 bridgehead atoms. The Hall–Kier alpha value is -0.910. The van der Waals surface area contributed by atoms with E-state index in [1.165, 1.54) is 17.0 Å². The minimum Gasteiger partial charge on any atom is -1.00 e. The van der Waals surface area contributed by atoms with Gasteiger partial charge in [0.25, 0.3) is 0 Å². The maximum atomic E-state index is 10.7. The van der Waals surface area contributed by atoms with E-state index in [-0.39, 0.29) is 35.8 Å². The lowest BCUT2D eigenvalue weighted by molar-refractivity contribution is -0.403. The number of nitrogens with zero attached hydrogens (tertiary/aromatic N) is 1. The SMILES string of the molecule is CC1=[N+](C)c2ccc(CC(=O)O)cc2C1(C)C.[I-]. The average Bonchev–Trinajstić information content (AvgIpc) is 2.40. The van der Waals surface area contributed by atoms with Crippen LogP contribution >= 0.6 is 0 Å².